The lowest BCUT2D eigenvalue weighted by atomic mass is 10.3. The molecule has 7 heteroatoms. The first kappa shape index (κ1) is 16.4. The molecule has 0 saturated carbocycles. The van der Waals surface area contributed by atoms with E-state index >= 15 is 0 Å². The topological polar surface area (TPSA) is 79.5 Å². The van der Waals surface area contributed by atoms with Gasteiger partial charge < -0.3 is 10.6 Å². The van der Waals surface area contributed by atoms with Gasteiger partial charge in [0, 0.05) is 32.0 Å². The summed E-state index contributed by atoms with van der Waals surface area (Å²) in [7, 11) is -3.41. The van der Waals surface area contributed by atoms with Crippen molar-refractivity contribution in [1.82, 2.24) is 14.2 Å². The van der Waals surface area contributed by atoms with Gasteiger partial charge in [0.25, 0.3) is 0 Å². The van der Waals surface area contributed by atoms with E-state index in [4.69, 9.17) is 5.73 Å². The van der Waals surface area contributed by atoms with Crippen molar-refractivity contribution in [3.05, 3.63) is 24.5 Å². The summed E-state index contributed by atoms with van der Waals surface area (Å²) in [6.45, 7) is 4.56. The minimum Gasteiger partial charge on any atom is -0.330 e. The lowest BCUT2D eigenvalue weighted by molar-refractivity contribution is 0.281. The molecule has 0 aromatic carbocycles. The zero-order valence-electron chi connectivity index (χ0n) is 12.3. The van der Waals surface area contributed by atoms with E-state index in [1.807, 2.05) is 0 Å². The normalized spacial score (nSPS) is 18.5. The monoisotopic (exact) mass is 312 g/mol. The van der Waals surface area contributed by atoms with Crippen molar-refractivity contribution >= 4 is 10.0 Å². The van der Waals surface area contributed by atoms with Gasteiger partial charge in [0.2, 0.25) is 10.0 Å². The summed E-state index contributed by atoms with van der Waals surface area (Å²) in [5.41, 5.74) is 5.51. The van der Waals surface area contributed by atoms with Crippen molar-refractivity contribution in [1.29, 1.82) is 0 Å². The maximum absolute atomic E-state index is 12.6. The van der Waals surface area contributed by atoms with E-state index in [-0.39, 0.29) is 4.90 Å². The van der Waals surface area contributed by atoms with Crippen LogP contribution in [-0.4, -0.2) is 61.9 Å². The Morgan fingerprint density at radius 3 is 2.76 bits per heavy atom. The molecule has 118 valence electrons. The number of pyridine rings is 1. The van der Waals surface area contributed by atoms with Crippen LogP contribution in [0, 0.1) is 0 Å². The van der Waals surface area contributed by atoms with Crippen molar-refractivity contribution in [2.24, 2.45) is 5.73 Å². The molecule has 1 aliphatic heterocycles. The summed E-state index contributed by atoms with van der Waals surface area (Å²) in [5, 5.41) is 0. The van der Waals surface area contributed by atoms with Crippen LogP contribution in [0.4, 0.5) is 0 Å². The van der Waals surface area contributed by atoms with Crippen molar-refractivity contribution in [2.45, 2.75) is 24.2 Å². The molecule has 2 rings (SSSR count). The van der Waals surface area contributed by atoms with Crippen molar-refractivity contribution in [3.8, 4) is 0 Å². The molecule has 1 saturated heterocycles. The Hall–Kier alpha value is -1.02. The highest BCUT2D eigenvalue weighted by molar-refractivity contribution is 7.89. The summed E-state index contributed by atoms with van der Waals surface area (Å²) in [5.74, 6) is 0. The van der Waals surface area contributed by atoms with E-state index in [1.165, 1.54) is 6.20 Å². The van der Waals surface area contributed by atoms with Crippen LogP contribution < -0.4 is 5.73 Å². The van der Waals surface area contributed by atoms with Crippen LogP contribution in [0.2, 0.25) is 0 Å². The van der Waals surface area contributed by atoms with E-state index < -0.39 is 10.0 Å². The number of sulfonamides is 1. The van der Waals surface area contributed by atoms with Crippen LogP contribution in [0.5, 0.6) is 0 Å². The molecule has 0 atom stereocenters. The molecular formula is C14H24N4O2S. The fourth-order valence-electron chi connectivity index (χ4n) is 2.54. The maximum Gasteiger partial charge on any atom is 0.244 e. The fourth-order valence-corrected chi connectivity index (χ4v) is 3.97. The van der Waals surface area contributed by atoms with Crippen molar-refractivity contribution in [3.63, 3.8) is 0 Å². The Labute approximate surface area is 127 Å². The Kier molecular flexibility index (Phi) is 6.10. The van der Waals surface area contributed by atoms with Gasteiger partial charge in [-0.3, -0.25) is 4.98 Å². The molecule has 1 aliphatic rings. The number of aromatic nitrogens is 1. The predicted octanol–water partition coefficient (Wildman–Crippen LogP) is 0.517. The van der Waals surface area contributed by atoms with Gasteiger partial charge in [-0.25, -0.2) is 8.42 Å². The average Bonchev–Trinajstić information content (AvgIpc) is 2.75. The van der Waals surface area contributed by atoms with Gasteiger partial charge in [0.1, 0.15) is 4.90 Å². The highest BCUT2D eigenvalue weighted by atomic mass is 32.2. The number of unbranched alkanes of at least 4 members (excludes halogenated alkanes) is 1. The molecule has 0 amide bonds. The van der Waals surface area contributed by atoms with Crippen molar-refractivity contribution in [2.75, 3.05) is 39.3 Å². The standard InChI is InChI=1S/C14H24N4O2S/c15-6-1-2-8-17-9-4-10-18(12-11-17)21(19,20)14-5-3-7-16-13-14/h3,5,7,13H,1-2,4,6,8-12,15H2. The molecule has 0 spiro atoms. The number of hydrogen-bond donors (Lipinski definition) is 1. The molecule has 2 heterocycles. The Balaban J connectivity index is 1.96. The van der Waals surface area contributed by atoms with Gasteiger partial charge in [-0.1, -0.05) is 0 Å². The Morgan fingerprint density at radius 1 is 1.19 bits per heavy atom. The average molecular weight is 312 g/mol. The third-order valence-electron chi connectivity index (χ3n) is 3.75. The molecule has 6 nitrogen and oxygen atoms in total. The molecule has 0 aliphatic carbocycles. The minimum atomic E-state index is -3.41. The highest BCUT2D eigenvalue weighted by Crippen LogP contribution is 2.16. The van der Waals surface area contributed by atoms with E-state index in [9.17, 15) is 8.42 Å². The molecular weight excluding hydrogens is 288 g/mol. The molecule has 1 fully saturated rings. The zero-order valence-corrected chi connectivity index (χ0v) is 13.1. The van der Waals surface area contributed by atoms with Crippen LogP contribution in [0.15, 0.2) is 29.4 Å². The van der Waals surface area contributed by atoms with Gasteiger partial charge in [0.05, 0.1) is 0 Å². The van der Waals surface area contributed by atoms with E-state index in [0.717, 1.165) is 45.4 Å². The SMILES string of the molecule is NCCCCN1CCCN(S(=O)(=O)c2cccnc2)CC1. The molecule has 21 heavy (non-hydrogen) atoms. The van der Waals surface area contributed by atoms with Crippen LogP contribution >= 0.6 is 0 Å². The summed E-state index contributed by atoms with van der Waals surface area (Å²) < 4.78 is 26.7. The molecule has 1 aromatic heterocycles. The molecule has 0 bridgehead atoms. The van der Waals surface area contributed by atoms with Crippen LogP contribution in [0.3, 0.4) is 0 Å². The summed E-state index contributed by atoms with van der Waals surface area (Å²) in [6, 6.07) is 3.26. The van der Waals surface area contributed by atoms with Crippen LogP contribution in [0.1, 0.15) is 19.3 Å². The molecule has 0 unspecified atom stereocenters. The maximum atomic E-state index is 12.6. The second-order valence-electron chi connectivity index (χ2n) is 5.28. The smallest absolute Gasteiger partial charge is 0.244 e. The third-order valence-corrected chi connectivity index (χ3v) is 5.63. The van der Waals surface area contributed by atoms with Crippen LogP contribution in [-0.2, 0) is 10.0 Å². The zero-order chi connectivity index (χ0) is 15.1. The lowest BCUT2D eigenvalue weighted by Gasteiger charge is -2.21. The summed E-state index contributed by atoms with van der Waals surface area (Å²) in [6.07, 6.45) is 5.96. The van der Waals surface area contributed by atoms with Gasteiger partial charge in [0.15, 0.2) is 0 Å². The van der Waals surface area contributed by atoms with E-state index in [1.54, 1.807) is 22.6 Å². The molecule has 1 aromatic rings. The molecule has 0 radical (unpaired) electrons. The lowest BCUT2D eigenvalue weighted by Crippen LogP contribution is -2.35. The number of hydrogen-bond acceptors (Lipinski definition) is 5. The number of rotatable bonds is 6. The minimum absolute atomic E-state index is 0.279. The number of nitrogens with two attached hydrogens (primary N) is 1. The largest absolute Gasteiger partial charge is 0.330 e. The van der Waals surface area contributed by atoms with Gasteiger partial charge in [-0.15, -0.1) is 0 Å². The predicted molar refractivity (Wildman–Crippen MR) is 82.3 cm³/mol. The van der Waals surface area contributed by atoms with Crippen LogP contribution in [0.25, 0.3) is 0 Å². The first-order valence-corrected chi connectivity index (χ1v) is 8.91. The molecule has 2 N–H and O–H groups in total. The van der Waals surface area contributed by atoms with E-state index in [0.29, 0.717) is 13.1 Å². The number of nitrogens with zero attached hydrogens (tertiary/aromatic N) is 3. The highest BCUT2D eigenvalue weighted by Gasteiger charge is 2.26. The Bertz CT molecular complexity index is 521. The third kappa shape index (κ3) is 4.47. The quantitative estimate of drug-likeness (QED) is 0.775. The van der Waals surface area contributed by atoms with Gasteiger partial charge in [-0.2, -0.15) is 4.31 Å². The van der Waals surface area contributed by atoms with Gasteiger partial charge in [-0.05, 0) is 51.0 Å². The first-order chi connectivity index (χ1) is 10.1. The van der Waals surface area contributed by atoms with E-state index in [2.05, 4.69) is 9.88 Å². The first-order valence-electron chi connectivity index (χ1n) is 7.47. The second-order valence-corrected chi connectivity index (χ2v) is 7.22. The summed E-state index contributed by atoms with van der Waals surface area (Å²) >= 11 is 0. The Morgan fingerprint density at radius 2 is 2.05 bits per heavy atom. The summed E-state index contributed by atoms with van der Waals surface area (Å²) in [4.78, 5) is 6.51. The second kappa shape index (κ2) is 7.84. The van der Waals surface area contributed by atoms with Gasteiger partial charge >= 0.3 is 0 Å². The van der Waals surface area contributed by atoms with Crippen molar-refractivity contribution < 1.29 is 8.42 Å². The fraction of sp³-hybridized carbons (Fsp3) is 0.643.